The minimum absolute atomic E-state index is 0.0452. The van der Waals surface area contributed by atoms with Gasteiger partial charge in [0, 0.05) is 42.9 Å². The van der Waals surface area contributed by atoms with Crippen molar-refractivity contribution in [3.05, 3.63) is 23.8 Å². The Morgan fingerprint density at radius 1 is 1.43 bits per heavy atom. The normalized spacial score (nSPS) is 28.7. The molecule has 1 aromatic rings. The fourth-order valence-corrected chi connectivity index (χ4v) is 3.23. The summed E-state index contributed by atoms with van der Waals surface area (Å²) in [4.78, 5) is 12.7. The molecule has 0 radical (unpaired) electrons. The van der Waals surface area contributed by atoms with Crippen LogP contribution in [0.3, 0.4) is 0 Å². The van der Waals surface area contributed by atoms with E-state index in [1.807, 2.05) is 0 Å². The van der Waals surface area contributed by atoms with Crippen molar-refractivity contribution in [2.24, 2.45) is 5.92 Å². The Morgan fingerprint density at radius 2 is 2.29 bits per heavy atom. The van der Waals surface area contributed by atoms with Gasteiger partial charge in [0.1, 0.15) is 5.75 Å². The molecular formula is C16H21NO4. The third-order valence-electron chi connectivity index (χ3n) is 4.46. The quantitative estimate of drug-likeness (QED) is 0.681. The minimum Gasteiger partial charge on any atom is -0.497 e. The number of rotatable bonds is 3. The number of nitrogen functional groups attached to an aromatic ring is 1. The van der Waals surface area contributed by atoms with Crippen molar-refractivity contribution in [1.29, 1.82) is 0 Å². The van der Waals surface area contributed by atoms with Crippen molar-refractivity contribution >= 4 is 11.5 Å². The fourth-order valence-electron chi connectivity index (χ4n) is 3.23. The van der Waals surface area contributed by atoms with E-state index in [-0.39, 0.29) is 17.3 Å². The molecule has 2 aliphatic rings. The smallest absolute Gasteiger partial charge is 0.168 e. The van der Waals surface area contributed by atoms with Crippen molar-refractivity contribution in [1.82, 2.24) is 0 Å². The van der Waals surface area contributed by atoms with Crippen LogP contribution >= 0.6 is 0 Å². The predicted octanol–water partition coefficient (Wildman–Crippen LogP) is 2.05. The molecule has 0 amide bonds. The molecule has 1 spiro atoms. The van der Waals surface area contributed by atoms with Crippen molar-refractivity contribution in [3.8, 4) is 5.75 Å². The average molecular weight is 291 g/mol. The first kappa shape index (κ1) is 14.4. The number of carbonyl (C=O) groups excluding carboxylic acids is 1. The summed E-state index contributed by atoms with van der Waals surface area (Å²) in [6.07, 6.45) is 2.33. The van der Waals surface area contributed by atoms with E-state index in [0.29, 0.717) is 36.8 Å². The summed E-state index contributed by atoms with van der Waals surface area (Å²) in [5, 5.41) is 0. The number of hydrogen-bond acceptors (Lipinski definition) is 5. The van der Waals surface area contributed by atoms with Crippen LogP contribution in [-0.2, 0) is 9.47 Å². The average Bonchev–Trinajstić information content (AvgIpc) is 2.94. The van der Waals surface area contributed by atoms with Gasteiger partial charge < -0.3 is 19.9 Å². The number of anilines is 1. The summed E-state index contributed by atoms with van der Waals surface area (Å²) in [7, 11) is 1.58. The number of ether oxygens (including phenoxy) is 3. The Hall–Kier alpha value is -1.59. The minimum atomic E-state index is -0.264. The Bertz CT molecular complexity index is 537. The maximum Gasteiger partial charge on any atom is 0.168 e. The first-order valence-corrected chi connectivity index (χ1v) is 7.33. The first-order valence-electron chi connectivity index (χ1n) is 7.33. The van der Waals surface area contributed by atoms with Gasteiger partial charge in [0.25, 0.3) is 0 Å². The first-order chi connectivity index (χ1) is 10.1. The molecule has 0 saturated carbocycles. The highest BCUT2D eigenvalue weighted by Gasteiger charge is 2.43. The van der Waals surface area contributed by atoms with Gasteiger partial charge >= 0.3 is 0 Å². The summed E-state index contributed by atoms with van der Waals surface area (Å²) in [5.41, 5.74) is 6.78. The van der Waals surface area contributed by atoms with Crippen LogP contribution in [0.25, 0.3) is 0 Å². The molecule has 5 heteroatoms. The van der Waals surface area contributed by atoms with E-state index in [1.54, 1.807) is 25.3 Å². The van der Waals surface area contributed by atoms with E-state index in [1.165, 1.54) is 0 Å². The van der Waals surface area contributed by atoms with Crippen LogP contribution in [0, 0.1) is 5.92 Å². The molecule has 3 rings (SSSR count). The second-order valence-corrected chi connectivity index (χ2v) is 5.84. The second kappa shape index (κ2) is 5.66. The van der Waals surface area contributed by atoms with E-state index in [2.05, 4.69) is 0 Å². The van der Waals surface area contributed by atoms with Crippen LogP contribution in [0.2, 0.25) is 0 Å². The lowest BCUT2D eigenvalue weighted by Gasteiger charge is -2.36. The van der Waals surface area contributed by atoms with Gasteiger partial charge in [-0.05, 0) is 25.0 Å². The summed E-state index contributed by atoms with van der Waals surface area (Å²) in [6.45, 7) is 1.91. The van der Waals surface area contributed by atoms with E-state index in [9.17, 15) is 4.79 Å². The topological polar surface area (TPSA) is 70.8 Å². The molecule has 114 valence electrons. The second-order valence-electron chi connectivity index (χ2n) is 5.84. The molecule has 2 atom stereocenters. The summed E-state index contributed by atoms with van der Waals surface area (Å²) < 4.78 is 16.5. The van der Waals surface area contributed by atoms with E-state index in [0.717, 1.165) is 19.3 Å². The Balaban J connectivity index is 1.78. The molecule has 2 fully saturated rings. The highest BCUT2D eigenvalue weighted by molar-refractivity contribution is 6.02. The Kier molecular flexibility index (Phi) is 3.87. The number of ketones is 1. The fraction of sp³-hybridized carbons (Fsp3) is 0.562. The van der Waals surface area contributed by atoms with Gasteiger partial charge in [-0.1, -0.05) is 0 Å². The lowest BCUT2D eigenvalue weighted by molar-refractivity contribution is -0.0920. The zero-order valence-electron chi connectivity index (χ0n) is 12.3. The van der Waals surface area contributed by atoms with Gasteiger partial charge in [-0.25, -0.2) is 0 Å². The molecule has 0 aromatic heterocycles. The number of benzene rings is 1. The van der Waals surface area contributed by atoms with Crippen LogP contribution < -0.4 is 10.5 Å². The van der Waals surface area contributed by atoms with Gasteiger partial charge in [-0.3, -0.25) is 4.79 Å². The van der Waals surface area contributed by atoms with E-state index in [4.69, 9.17) is 19.9 Å². The molecule has 2 N–H and O–H groups in total. The molecule has 0 aliphatic carbocycles. The van der Waals surface area contributed by atoms with Crippen LogP contribution in [0.1, 0.15) is 29.6 Å². The Morgan fingerprint density at radius 3 is 2.95 bits per heavy atom. The molecule has 1 aromatic carbocycles. The standard InChI is InChI=1S/C16H21NO4/c1-19-12-2-3-13(14(17)8-12)15(18)11-4-6-21-16(9-11)5-7-20-10-16/h2-3,8,11H,4-7,9-10,17H2,1H3. The third kappa shape index (κ3) is 2.76. The maximum atomic E-state index is 12.7. The van der Waals surface area contributed by atoms with Crippen molar-refractivity contribution in [2.45, 2.75) is 24.9 Å². The zero-order chi connectivity index (χ0) is 14.9. The predicted molar refractivity (Wildman–Crippen MR) is 78.6 cm³/mol. The molecular weight excluding hydrogens is 270 g/mol. The number of Topliss-reactive ketones (excluding diaryl/α,β-unsaturated/α-hetero) is 1. The van der Waals surface area contributed by atoms with Gasteiger partial charge in [0.15, 0.2) is 5.78 Å². The van der Waals surface area contributed by atoms with E-state index >= 15 is 0 Å². The highest BCUT2D eigenvalue weighted by atomic mass is 16.6. The SMILES string of the molecule is COc1ccc(C(=O)C2CCOC3(CCOC3)C2)c(N)c1. The zero-order valence-corrected chi connectivity index (χ0v) is 12.3. The number of methoxy groups -OCH3 is 1. The number of nitrogens with two attached hydrogens (primary N) is 1. The molecule has 2 unspecified atom stereocenters. The lowest BCUT2D eigenvalue weighted by atomic mass is 9.81. The molecule has 2 aliphatic heterocycles. The van der Waals surface area contributed by atoms with Gasteiger partial charge in [-0.15, -0.1) is 0 Å². The molecule has 0 bridgehead atoms. The summed E-state index contributed by atoms with van der Waals surface area (Å²) in [5.74, 6) is 0.720. The van der Waals surface area contributed by atoms with Crippen molar-refractivity contribution < 1.29 is 19.0 Å². The van der Waals surface area contributed by atoms with Crippen molar-refractivity contribution in [3.63, 3.8) is 0 Å². The molecule has 5 nitrogen and oxygen atoms in total. The van der Waals surface area contributed by atoms with Crippen LogP contribution in [-0.4, -0.2) is 38.3 Å². The molecule has 2 heterocycles. The van der Waals surface area contributed by atoms with Gasteiger partial charge in [-0.2, -0.15) is 0 Å². The largest absolute Gasteiger partial charge is 0.497 e. The van der Waals surface area contributed by atoms with Gasteiger partial charge in [0.2, 0.25) is 0 Å². The maximum absolute atomic E-state index is 12.7. The Labute approximate surface area is 124 Å². The number of hydrogen-bond donors (Lipinski definition) is 1. The molecule has 21 heavy (non-hydrogen) atoms. The highest BCUT2D eigenvalue weighted by Crippen LogP contribution is 2.37. The third-order valence-corrected chi connectivity index (χ3v) is 4.46. The van der Waals surface area contributed by atoms with Gasteiger partial charge in [0.05, 0.1) is 19.3 Å². The summed E-state index contributed by atoms with van der Waals surface area (Å²) >= 11 is 0. The number of carbonyl (C=O) groups is 1. The van der Waals surface area contributed by atoms with Crippen LogP contribution in [0.4, 0.5) is 5.69 Å². The van der Waals surface area contributed by atoms with Crippen LogP contribution in [0.15, 0.2) is 18.2 Å². The van der Waals surface area contributed by atoms with Crippen molar-refractivity contribution in [2.75, 3.05) is 32.7 Å². The molecule has 2 saturated heterocycles. The monoisotopic (exact) mass is 291 g/mol. The lowest BCUT2D eigenvalue weighted by Crippen LogP contribution is -2.42. The summed E-state index contributed by atoms with van der Waals surface area (Å²) in [6, 6.07) is 5.22. The van der Waals surface area contributed by atoms with E-state index < -0.39 is 0 Å². The van der Waals surface area contributed by atoms with Crippen LogP contribution in [0.5, 0.6) is 5.75 Å².